The van der Waals surface area contributed by atoms with Crippen LogP contribution in [0.4, 0.5) is 11.4 Å². The zero-order chi connectivity index (χ0) is 22.0. The highest BCUT2D eigenvalue weighted by Crippen LogP contribution is 2.23. The van der Waals surface area contributed by atoms with Gasteiger partial charge in [0.2, 0.25) is 15.9 Å². The first-order valence-electron chi connectivity index (χ1n) is 9.69. The number of rotatable bonds is 6. The summed E-state index contributed by atoms with van der Waals surface area (Å²) in [6, 6.07) is 18.3. The smallest absolute Gasteiger partial charge is 0.229 e. The number of pyridine rings is 1. The van der Waals surface area contributed by atoms with Crippen LogP contribution in [-0.4, -0.2) is 30.0 Å². The fraction of sp³-hybridized carbons (Fsp3) is 0.130. The van der Waals surface area contributed by atoms with Gasteiger partial charge in [0, 0.05) is 23.6 Å². The molecule has 158 valence electrons. The molecule has 0 aliphatic rings. The number of nitrogens with one attached hydrogen (secondary N) is 2. The van der Waals surface area contributed by atoms with Crippen molar-refractivity contribution in [2.24, 2.45) is 0 Å². The molecule has 8 heteroatoms. The number of carbonyl (C=O) groups is 1. The maximum absolute atomic E-state index is 12.5. The Morgan fingerprint density at radius 2 is 1.77 bits per heavy atom. The van der Waals surface area contributed by atoms with Crippen molar-refractivity contribution < 1.29 is 13.2 Å². The summed E-state index contributed by atoms with van der Waals surface area (Å²) in [6.07, 6.45) is 5.06. The van der Waals surface area contributed by atoms with Gasteiger partial charge in [-0.15, -0.1) is 0 Å². The molecule has 4 rings (SSSR count). The van der Waals surface area contributed by atoms with Crippen LogP contribution in [0.5, 0.6) is 0 Å². The van der Waals surface area contributed by atoms with E-state index in [0.717, 1.165) is 28.7 Å². The van der Waals surface area contributed by atoms with Crippen LogP contribution in [0.3, 0.4) is 0 Å². The summed E-state index contributed by atoms with van der Waals surface area (Å²) in [5, 5.41) is 2.85. The first kappa shape index (κ1) is 20.6. The number of carbonyl (C=O) groups excluding carboxylic acids is 1. The largest absolute Gasteiger partial charge is 0.326 e. The molecule has 0 saturated carbocycles. The molecular weight excluding hydrogens is 412 g/mol. The number of fused-ring (bicyclic) bond motifs is 1. The van der Waals surface area contributed by atoms with Crippen molar-refractivity contribution >= 4 is 33.0 Å². The molecule has 2 N–H and O–H groups in total. The van der Waals surface area contributed by atoms with Crippen molar-refractivity contribution in [3.05, 3.63) is 84.2 Å². The SMILES string of the molecule is Cc1cccn2cc(-c3ccc(NC(=O)Cc4ccccc4NS(C)(=O)=O)cc3)nc12. The van der Waals surface area contributed by atoms with E-state index >= 15 is 0 Å². The molecule has 4 aromatic rings. The average Bonchev–Trinajstić information content (AvgIpc) is 3.15. The molecule has 2 aromatic heterocycles. The minimum Gasteiger partial charge on any atom is -0.326 e. The molecule has 0 radical (unpaired) electrons. The number of hydrogen-bond donors (Lipinski definition) is 2. The molecule has 0 unspecified atom stereocenters. The summed E-state index contributed by atoms with van der Waals surface area (Å²) < 4.78 is 27.5. The van der Waals surface area contributed by atoms with E-state index in [1.807, 2.05) is 60.1 Å². The number of para-hydroxylation sites is 1. The van der Waals surface area contributed by atoms with Gasteiger partial charge in [-0.05, 0) is 42.3 Å². The van der Waals surface area contributed by atoms with Crippen molar-refractivity contribution in [3.63, 3.8) is 0 Å². The van der Waals surface area contributed by atoms with Crippen LogP contribution in [0.2, 0.25) is 0 Å². The Kier molecular flexibility index (Phi) is 5.48. The van der Waals surface area contributed by atoms with Gasteiger partial charge in [0.05, 0.1) is 24.1 Å². The maximum atomic E-state index is 12.5. The molecule has 0 fully saturated rings. The van der Waals surface area contributed by atoms with Gasteiger partial charge in [0.1, 0.15) is 5.65 Å². The number of aryl methyl sites for hydroxylation is 1. The molecule has 1 amide bonds. The van der Waals surface area contributed by atoms with Crippen molar-refractivity contribution in [1.82, 2.24) is 9.38 Å². The predicted octanol–water partition coefficient (Wildman–Crippen LogP) is 3.86. The van der Waals surface area contributed by atoms with Crippen LogP contribution in [-0.2, 0) is 21.2 Å². The van der Waals surface area contributed by atoms with E-state index in [2.05, 4.69) is 15.0 Å². The maximum Gasteiger partial charge on any atom is 0.229 e. The number of sulfonamides is 1. The van der Waals surface area contributed by atoms with Crippen LogP contribution in [0.15, 0.2) is 73.1 Å². The van der Waals surface area contributed by atoms with Crippen molar-refractivity contribution in [3.8, 4) is 11.3 Å². The summed E-state index contributed by atoms with van der Waals surface area (Å²) >= 11 is 0. The third-order valence-electron chi connectivity index (χ3n) is 4.81. The van der Waals surface area contributed by atoms with E-state index in [0.29, 0.717) is 16.9 Å². The second-order valence-electron chi connectivity index (χ2n) is 7.38. The van der Waals surface area contributed by atoms with E-state index in [1.54, 1.807) is 24.3 Å². The predicted molar refractivity (Wildman–Crippen MR) is 123 cm³/mol. The van der Waals surface area contributed by atoms with Crippen molar-refractivity contribution in [2.45, 2.75) is 13.3 Å². The fourth-order valence-electron chi connectivity index (χ4n) is 3.37. The lowest BCUT2D eigenvalue weighted by Gasteiger charge is -2.11. The molecular formula is C23H22N4O3S. The average molecular weight is 435 g/mol. The summed E-state index contributed by atoms with van der Waals surface area (Å²) in [5.74, 6) is -0.237. The van der Waals surface area contributed by atoms with Crippen LogP contribution in [0, 0.1) is 6.92 Å². The Hall–Kier alpha value is -3.65. The van der Waals surface area contributed by atoms with Gasteiger partial charge in [-0.3, -0.25) is 9.52 Å². The van der Waals surface area contributed by atoms with Gasteiger partial charge in [-0.2, -0.15) is 0 Å². The summed E-state index contributed by atoms with van der Waals surface area (Å²) in [4.78, 5) is 17.2. The normalized spacial score (nSPS) is 11.4. The van der Waals surface area contributed by atoms with Gasteiger partial charge >= 0.3 is 0 Å². The highest BCUT2D eigenvalue weighted by atomic mass is 32.2. The van der Waals surface area contributed by atoms with Gasteiger partial charge in [-0.1, -0.05) is 36.4 Å². The van der Waals surface area contributed by atoms with Gasteiger partial charge < -0.3 is 9.72 Å². The monoisotopic (exact) mass is 434 g/mol. The first-order valence-corrected chi connectivity index (χ1v) is 11.6. The Morgan fingerprint density at radius 3 is 2.48 bits per heavy atom. The highest BCUT2D eigenvalue weighted by molar-refractivity contribution is 7.92. The summed E-state index contributed by atoms with van der Waals surface area (Å²) in [6.45, 7) is 2.02. The molecule has 0 aliphatic heterocycles. The number of aromatic nitrogens is 2. The third-order valence-corrected chi connectivity index (χ3v) is 5.40. The van der Waals surface area contributed by atoms with Crippen LogP contribution in [0.25, 0.3) is 16.9 Å². The quantitative estimate of drug-likeness (QED) is 0.482. The molecule has 31 heavy (non-hydrogen) atoms. The van der Waals surface area contributed by atoms with E-state index < -0.39 is 10.0 Å². The van der Waals surface area contributed by atoms with Crippen molar-refractivity contribution in [1.29, 1.82) is 0 Å². The lowest BCUT2D eigenvalue weighted by Crippen LogP contribution is -2.17. The van der Waals surface area contributed by atoms with Crippen LogP contribution >= 0.6 is 0 Å². The first-order chi connectivity index (χ1) is 14.8. The highest BCUT2D eigenvalue weighted by Gasteiger charge is 2.12. The fourth-order valence-corrected chi connectivity index (χ4v) is 3.97. The second-order valence-corrected chi connectivity index (χ2v) is 9.13. The Balaban J connectivity index is 1.47. The van der Waals surface area contributed by atoms with Gasteiger partial charge in [-0.25, -0.2) is 13.4 Å². The number of imidazole rings is 1. The zero-order valence-electron chi connectivity index (χ0n) is 17.2. The Bertz CT molecular complexity index is 1360. The number of amides is 1. The standard InChI is InChI=1S/C23H22N4O3S/c1-16-6-5-13-27-15-21(25-23(16)27)17-9-11-19(12-10-17)24-22(28)14-18-7-3-4-8-20(18)26-31(2,29)30/h3-13,15,26H,14H2,1-2H3,(H,24,28). The van der Waals surface area contributed by atoms with Crippen LogP contribution in [0.1, 0.15) is 11.1 Å². The lowest BCUT2D eigenvalue weighted by atomic mass is 10.1. The molecule has 7 nitrogen and oxygen atoms in total. The third kappa shape index (κ3) is 4.92. The molecule has 0 saturated heterocycles. The van der Waals surface area contributed by atoms with E-state index in [4.69, 9.17) is 0 Å². The van der Waals surface area contributed by atoms with Crippen LogP contribution < -0.4 is 10.0 Å². The minimum atomic E-state index is -3.43. The lowest BCUT2D eigenvalue weighted by molar-refractivity contribution is -0.115. The second kappa shape index (κ2) is 8.23. The Labute approximate surface area is 180 Å². The Morgan fingerprint density at radius 1 is 1.03 bits per heavy atom. The number of benzene rings is 2. The van der Waals surface area contributed by atoms with Crippen molar-refractivity contribution in [2.75, 3.05) is 16.3 Å². The zero-order valence-corrected chi connectivity index (χ0v) is 18.0. The van der Waals surface area contributed by atoms with E-state index in [1.165, 1.54) is 0 Å². The molecule has 0 atom stereocenters. The number of hydrogen-bond acceptors (Lipinski definition) is 4. The topological polar surface area (TPSA) is 92.6 Å². The molecule has 0 spiro atoms. The summed E-state index contributed by atoms with van der Waals surface area (Å²) in [5.41, 5.74) is 5.47. The summed E-state index contributed by atoms with van der Waals surface area (Å²) in [7, 11) is -3.43. The molecule has 2 heterocycles. The number of anilines is 2. The van der Waals surface area contributed by atoms with E-state index in [-0.39, 0.29) is 12.3 Å². The van der Waals surface area contributed by atoms with Gasteiger partial charge in [0.25, 0.3) is 0 Å². The molecule has 2 aromatic carbocycles. The minimum absolute atomic E-state index is 0.0478. The molecule has 0 bridgehead atoms. The molecule has 0 aliphatic carbocycles. The number of nitrogens with zero attached hydrogens (tertiary/aromatic N) is 2. The van der Waals surface area contributed by atoms with E-state index in [9.17, 15) is 13.2 Å². The van der Waals surface area contributed by atoms with Gasteiger partial charge in [0.15, 0.2) is 0 Å².